The molecule has 1 aromatic heterocycles. The Labute approximate surface area is 113 Å². The molecule has 2 rings (SSSR count). The molecule has 1 aromatic rings. The van der Waals surface area contributed by atoms with Crippen LogP contribution >= 0.6 is 11.6 Å². The molecule has 18 heavy (non-hydrogen) atoms. The van der Waals surface area contributed by atoms with Gasteiger partial charge in [-0.15, -0.1) is 0 Å². The molecule has 0 aliphatic heterocycles. The molecule has 0 unspecified atom stereocenters. The molecular formula is C12H19ClN4O. The van der Waals surface area contributed by atoms with Gasteiger partial charge >= 0.3 is 6.01 Å². The number of hydrogen-bond donors (Lipinski definition) is 0. The number of hydrogen-bond acceptors (Lipinski definition) is 5. The third-order valence-corrected chi connectivity index (χ3v) is 3.28. The fourth-order valence-electron chi connectivity index (χ4n) is 1.89. The zero-order chi connectivity index (χ0) is 13.0. The largest absolute Gasteiger partial charge is 0.463 e. The Kier molecular flexibility index (Phi) is 4.58. The summed E-state index contributed by atoms with van der Waals surface area (Å²) in [5, 5.41) is 0.187. The molecule has 0 atom stereocenters. The first-order valence-electron chi connectivity index (χ1n) is 6.44. The van der Waals surface area contributed by atoms with Crippen LogP contribution in [0.25, 0.3) is 0 Å². The smallest absolute Gasteiger partial charge is 0.322 e. The lowest BCUT2D eigenvalue weighted by Crippen LogP contribution is -2.30. The quantitative estimate of drug-likeness (QED) is 0.795. The van der Waals surface area contributed by atoms with Crippen molar-refractivity contribution in [2.24, 2.45) is 5.92 Å². The van der Waals surface area contributed by atoms with Crippen LogP contribution in [0.15, 0.2) is 0 Å². The molecule has 1 fully saturated rings. The van der Waals surface area contributed by atoms with E-state index in [2.05, 4.69) is 15.0 Å². The lowest BCUT2D eigenvalue weighted by atomic mass is 9.85. The molecule has 1 aliphatic rings. The maximum Gasteiger partial charge on any atom is 0.322 e. The molecule has 0 N–H and O–H groups in total. The summed E-state index contributed by atoms with van der Waals surface area (Å²) in [4.78, 5) is 14.4. The highest BCUT2D eigenvalue weighted by Crippen LogP contribution is 2.27. The van der Waals surface area contributed by atoms with Gasteiger partial charge in [0.2, 0.25) is 11.2 Å². The van der Waals surface area contributed by atoms with Crippen LogP contribution in [-0.2, 0) is 0 Å². The summed E-state index contributed by atoms with van der Waals surface area (Å²) in [7, 11) is 1.98. The van der Waals surface area contributed by atoms with E-state index in [-0.39, 0.29) is 5.28 Å². The highest BCUT2D eigenvalue weighted by Gasteiger charge is 2.21. The average Bonchev–Trinajstić information content (AvgIpc) is 2.30. The zero-order valence-corrected chi connectivity index (χ0v) is 11.7. The van der Waals surface area contributed by atoms with Crippen LogP contribution in [0.2, 0.25) is 5.28 Å². The van der Waals surface area contributed by atoms with Gasteiger partial charge in [-0.25, -0.2) is 0 Å². The van der Waals surface area contributed by atoms with Crippen LogP contribution in [0.4, 0.5) is 5.95 Å². The third kappa shape index (κ3) is 3.45. The molecule has 1 heterocycles. The molecule has 0 amide bonds. The third-order valence-electron chi connectivity index (χ3n) is 3.11. The van der Waals surface area contributed by atoms with Gasteiger partial charge in [-0.3, -0.25) is 0 Å². The van der Waals surface area contributed by atoms with Crippen molar-refractivity contribution >= 4 is 17.5 Å². The van der Waals surface area contributed by atoms with Gasteiger partial charge in [0.1, 0.15) is 0 Å². The van der Waals surface area contributed by atoms with Crippen LogP contribution in [0, 0.1) is 5.92 Å². The summed E-state index contributed by atoms with van der Waals surface area (Å²) in [5.74, 6) is 1.35. The van der Waals surface area contributed by atoms with Crippen molar-refractivity contribution in [3.05, 3.63) is 5.28 Å². The van der Waals surface area contributed by atoms with Crippen molar-refractivity contribution in [3.63, 3.8) is 0 Å². The van der Waals surface area contributed by atoms with E-state index < -0.39 is 0 Å². The number of aromatic nitrogens is 3. The van der Waals surface area contributed by atoms with Crippen LogP contribution < -0.4 is 9.64 Å². The maximum absolute atomic E-state index is 5.89. The number of ether oxygens (including phenoxy) is 1. The lowest BCUT2D eigenvalue weighted by molar-refractivity contribution is 0.290. The van der Waals surface area contributed by atoms with E-state index in [0.29, 0.717) is 18.6 Å². The topological polar surface area (TPSA) is 51.1 Å². The van der Waals surface area contributed by atoms with E-state index in [1.165, 1.54) is 19.3 Å². The zero-order valence-electron chi connectivity index (χ0n) is 10.9. The van der Waals surface area contributed by atoms with E-state index in [0.717, 1.165) is 18.9 Å². The minimum atomic E-state index is 0.187. The molecule has 1 aliphatic carbocycles. The summed E-state index contributed by atoms with van der Waals surface area (Å²) >= 11 is 5.89. The van der Waals surface area contributed by atoms with Gasteiger partial charge in [0.25, 0.3) is 0 Å². The summed E-state index contributed by atoms with van der Waals surface area (Å²) in [5.41, 5.74) is 0. The molecule has 0 bridgehead atoms. The first-order chi connectivity index (χ1) is 8.69. The normalized spacial score (nSPS) is 15.3. The van der Waals surface area contributed by atoms with E-state index in [1.807, 2.05) is 18.9 Å². The highest BCUT2D eigenvalue weighted by atomic mass is 35.5. The fraction of sp³-hybridized carbons (Fsp3) is 0.750. The van der Waals surface area contributed by atoms with Gasteiger partial charge in [-0.1, -0.05) is 13.3 Å². The van der Waals surface area contributed by atoms with E-state index in [9.17, 15) is 0 Å². The summed E-state index contributed by atoms with van der Waals surface area (Å²) in [6.45, 7) is 3.59. The van der Waals surface area contributed by atoms with E-state index in [1.54, 1.807) is 0 Å². The molecule has 0 spiro atoms. The van der Waals surface area contributed by atoms with Crippen LogP contribution in [-0.4, -0.2) is 35.2 Å². The van der Waals surface area contributed by atoms with Crippen molar-refractivity contribution in [2.45, 2.75) is 32.6 Å². The number of nitrogens with zero attached hydrogens (tertiary/aromatic N) is 4. The predicted octanol–water partition coefficient (Wildman–Crippen LogP) is 2.55. The second-order valence-corrected chi connectivity index (χ2v) is 5.05. The van der Waals surface area contributed by atoms with E-state index >= 15 is 0 Å². The van der Waals surface area contributed by atoms with Crippen LogP contribution in [0.1, 0.15) is 32.6 Å². The Hall–Kier alpha value is -1.10. The first kappa shape index (κ1) is 13.3. The number of halogens is 1. The Morgan fingerprint density at radius 1 is 1.33 bits per heavy atom. The molecule has 0 saturated heterocycles. The number of anilines is 1. The van der Waals surface area contributed by atoms with Crippen molar-refractivity contribution in [1.29, 1.82) is 0 Å². The molecule has 0 radical (unpaired) electrons. The van der Waals surface area contributed by atoms with Gasteiger partial charge in [0.05, 0.1) is 6.61 Å². The van der Waals surface area contributed by atoms with Crippen LogP contribution in [0.3, 0.4) is 0 Å². The average molecular weight is 271 g/mol. The molecule has 100 valence electrons. The first-order valence-corrected chi connectivity index (χ1v) is 6.82. The van der Waals surface area contributed by atoms with Crippen molar-refractivity contribution in [3.8, 4) is 6.01 Å². The maximum atomic E-state index is 5.89. The molecule has 6 heteroatoms. The minimum absolute atomic E-state index is 0.187. The fourth-order valence-corrected chi connectivity index (χ4v) is 2.04. The van der Waals surface area contributed by atoms with Crippen LogP contribution in [0.5, 0.6) is 6.01 Å². The number of rotatable bonds is 6. The predicted molar refractivity (Wildman–Crippen MR) is 71.2 cm³/mol. The molecule has 1 saturated carbocycles. The summed E-state index contributed by atoms with van der Waals surface area (Å²) in [6.07, 6.45) is 4.84. The Morgan fingerprint density at radius 3 is 2.72 bits per heavy atom. The summed E-state index contributed by atoms with van der Waals surface area (Å²) < 4.78 is 5.40. The second-order valence-electron chi connectivity index (χ2n) is 4.71. The van der Waals surface area contributed by atoms with Crippen molar-refractivity contribution in [1.82, 2.24) is 15.0 Å². The van der Waals surface area contributed by atoms with Crippen molar-refractivity contribution in [2.75, 3.05) is 25.1 Å². The van der Waals surface area contributed by atoms with Gasteiger partial charge in [0.15, 0.2) is 0 Å². The SMILES string of the molecule is CCCOc1nc(Cl)nc(N(C)CC2CCC2)n1. The second kappa shape index (κ2) is 6.18. The van der Waals surface area contributed by atoms with Crippen molar-refractivity contribution < 1.29 is 4.74 Å². The monoisotopic (exact) mass is 270 g/mol. The van der Waals surface area contributed by atoms with Gasteiger partial charge in [0, 0.05) is 13.6 Å². The van der Waals surface area contributed by atoms with Gasteiger partial charge in [-0.05, 0) is 36.8 Å². The summed E-state index contributed by atoms with van der Waals surface area (Å²) in [6, 6.07) is 0.312. The standard InChI is InChI=1S/C12H19ClN4O/c1-3-7-18-12-15-10(13)14-11(16-12)17(2)8-9-5-4-6-9/h9H,3-8H2,1-2H3. The Bertz CT molecular complexity index is 398. The highest BCUT2D eigenvalue weighted by molar-refractivity contribution is 6.28. The molecular weight excluding hydrogens is 252 g/mol. The Morgan fingerprint density at radius 2 is 2.11 bits per heavy atom. The molecule has 0 aromatic carbocycles. The van der Waals surface area contributed by atoms with Gasteiger partial charge in [-0.2, -0.15) is 15.0 Å². The minimum Gasteiger partial charge on any atom is -0.463 e. The Balaban J connectivity index is 2.03. The lowest BCUT2D eigenvalue weighted by Gasteiger charge is -2.30. The molecule has 5 nitrogen and oxygen atoms in total. The van der Waals surface area contributed by atoms with Gasteiger partial charge < -0.3 is 9.64 Å². The van der Waals surface area contributed by atoms with E-state index in [4.69, 9.17) is 16.3 Å².